The van der Waals surface area contributed by atoms with Crippen molar-refractivity contribution >= 4 is 35.0 Å². The van der Waals surface area contributed by atoms with Crippen LogP contribution in [0.25, 0.3) is 0 Å². The van der Waals surface area contributed by atoms with Crippen molar-refractivity contribution in [1.29, 1.82) is 0 Å². The molecule has 106 valence electrons. The number of halogens is 2. The molecular formula is C15H15Cl2NOS. The third kappa shape index (κ3) is 3.41. The summed E-state index contributed by atoms with van der Waals surface area (Å²) in [5, 5.41) is 1.32. The van der Waals surface area contributed by atoms with Gasteiger partial charge in [-0.05, 0) is 37.3 Å². The fraction of sp³-hybridized carbons (Fsp3) is 0.200. The van der Waals surface area contributed by atoms with Gasteiger partial charge in [-0.15, -0.1) is 0 Å². The lowest BCUT2D eigenvalue weighted by Gasteiger charge is -2.16. The molecule has 2 aromatic rings. The van der Waals surface area contributed by atoms with E-state index in [4.69, 9.17) is 33.7 Å². The van der Waals surface area contributed by atoms with Gasteiger partial charge in [0, 0.05) is 26.4 Å². The summed E-state index contributed by atoms with van der Waals surface area (Å²) in [6.45, 7) is 1.93. The Morgan fingerprint density at radius 1 is 1.15 bits per heavy atom. The van der Waals surface area contributed by atoms with Crippen LogP contribution in [0.2, 0.25) is 10.0 Å². The molecule has 0 saturated carbocycles. The third-order valence-corrected chi connectivity index (χ3v) is 4.62. The van der Waals surface area contributed by atoms with E-state index >= 15 is 0 Å². The van der Waals surface area contributed by atoms with Gasteiger partial charge in [0.1, 0.15) is 5.75 Å². The molecule has 2 aromatic carbocycles. The van der Waals surface area contributed by atoms with Crippen LogP contribution in [-0.4, -0.2) is 7.11 Å². The highest BCUT2D eigenvalue weighted by atomic mass is 35.5. The first-order chi connectivity index (χ1) is 9.52. The first-order valence-corrected chi connectivity index (χ1v) is 7.65. The quantitative estimate of drug-likeness (QED) is 0.840. The van der Waals surface area contributed by atoms with Crippen LogP contribution in [0, 0.1) is 0 Å². The first-order valence-electron chi connectivity index (χ1n) is 6.08. The molecule has 20 heavy (non-hydrogen) atoms. The molecule has 0 fully saturated rings. The zero-order valence-corrected chi connectivity index (χ0v) is 13.5. The van der Waals surface area contributed by atoms with Crippen LogP contribution in [0.4, 0.5) is 0 Å². The van der Waals surface area contributed by atoms with E-state index in [1.807, 2.05) is 31.2 Å². The van der Waals surface area contributed by atoms with E-state index in [1.165, 1.54) is 11.8 Å². The Morgan fingerprint density at radius 3 is 2.55 bits per heavy atom. The summed E-state index contributed by atoms with van der Waals surface area (Å²) in [7, 11) is 1.64. The predicted molar refractivity (Wildman–Crippen MR) is 86.2 cm³/mol. The van der Waals surface area contributed by atoms with Gasteiger partial charge in [-0.3, -0.25) is 0 Å². The maximum Gasteiger partial charge on any atom is 0.124 e. The molecule has 1 atom stereocenters. The monoisotopic (exact) mass is 327 g/mol. The Morgan fingerprint density at radius 2 is 1.90 bits per heavy atom. The molecule has 0 spiro atoms. The molecule has 2 nitrogen and oxygen atoms in total. The lowest BCUT2D eigenvalue weighted by molar-refractivity contribution is 0.405. The maximum absolute atomic E-state index is 6.21. The number of nitrogens with two attached hydrogens (primary N) is 1. The van der Waals surface area contributed by atoms with Crippen LogP contribution in [0.15, 0.2) is 46.2 Å². The van der Waals surface area contributed by atoms with E-state index in [9.17, 15) is 0 Å². The van der Waals surface area contributed by atoms with E-state index in [1.54, 1.807) is 19.2 Å². The Bertz CT molecular complexity index is 617. The Hall–Kier alpha value is -0.870. The Balaban J connectivity index is 2.45. The van der Waals surface area contributed by atoms with Gasteiger partial charge in [-0.25, -0.2) is 0 Å². The van der Waals surface area contributed by atoms with Crippen molar-refractivity contribution in [2.24, 2.45) is 5.73 Å². The molecule has 0 radical (unpaired) electrons. The SMILES string of the molecule is COc1cccc(Sc2cc(Cl)ccc2Cl)c1[C@@H](C)N. The number of hydrogen-bond acceptors (Lipinski definition) is 3. The number of rotatable bonds is 4. The van der Waals surface area contributed by atoms with Crippen LogP contribution in [-0.2, 0) is 0 Å². The van der Waals surface area contributed by atoms with E-state index < -0.39 is 0 Å². The summed E-state index contributed by atoms with van der Waals surface area (Å²) in [4.78, 5) is 1.91. The predicted octanol–water partition coefficient (Wildman–Crippen LogP) is 5.17. The number of benzene rings is 2. The summed E-state index contributed by atoms with van der Waals surface area (Å²) >= 11 is 13.8. The van der Waals surface area contributed by atoms with Crippen molar-refractivity contribution in [3.63, 3.8) is 0 Å². The molecule has 0 aliphatic heterocycles. The molecule has 2 N–H and O–H groups in total. The average Bonchev–Trinajstić information content (AvgIpc) is 2.42. The molecular weight excluding hydrogens is 313 g/mol. The smallest absolute Gasteiger partial charge is 0.124 e. The second-order valence-electron chi connectivity index (χ2n) is 4.34. The van der Waals surface area contributed by atoms with Crippen LogP contribution in [0.1, 0.15) is 18.5 Å². The Kier molecular flexibility index (Phi) is 5.22. The van der Waals surface area contributed by atoms with E-state index in [2.05, 4.69) is 0 Å². The molecule has 5 heteroatoms. The van der Waals surface area contributed by atoms with Crippen LogP contribution in [0.3, 0.4) is 0 Å². The van der Waals surface area contributed by atoms with Crippen molar-refractivity contribution in [2.75, 3.05) is 7.11 Å². The summed E-state index contributed by atoms with van der Waals surface area (Å²) in [5.41, 5.74) is 7.03. The molecule has 0 saturated heterocycles. The minimum atomic E-state index is -0.133. The maximum atomic E-state index is 6.21. The lowest BCUT2D eigenvalue weighted by atomic mass is 10.1. The molecule has 0 amide bonds. The summed E-state index contributed by atoms with van der Waals surface area (Å²) in [6, 6.07) is 11.1. The first kappa shape index (κ1) is 15.5. The second kappa shape index (κ2) is 6.72. The lowest BCUT2D eigenvalue weighted by Crippen LogP contribution is -2.08. The molecule has 0 unspecified atom stereocenters. The van der Waals surface area contributed by atoms with E-state index in [-0.39, 0.29) is 6.04 Å². The fourth-order valence-electron chi connectivity index (χ4n) is 1.91. The van der Waals surface area contributed by atoms with Gasteiger partial charge in [0.25, 0.3) is 0 Å². The molecule has 2 rings (SSSR count). The van der Waals surface area contributed by atoms with Crippen molar-refractivity contribution in [1.82, 2.24) is 0 Å². The van der Waals surface area contributed by atoms with Crippen molar-refractivity contribution < 1.29 is 4.74 Å². The average molecular weight is 328 g/mol. The fourth-order valence-corrected chi connectivity index (χ4v) is 3.52. The molecule has 0 heterocycles. The second-order valence-corrected chi connectivity index (χ2v) is 6.26. The standard InChI is InChI=1S/C15H15Cl2NOS/c1-9(18)15-12(19-2)4-3-5-13(15)20-14-8-10(16)6-7-11(14)17/h3-9H,18H2,1-2H3/t9-/m1/s1. The minimum absolute atomic E-state index is 0.133. The van der Waals surface area contributed by atoms with E-state index in [0.717, 1.165) is 21.1 Å². The number of hydrogen-bond donors (Lipinski definition) is 1. The molecule has 0 aromatic heterocycles. The minimum Gasteiger partial charge on any atom is -0.496 e. The highest BCUT2D eigenvalue weighted by Crippen LogP contribution is 2.40. The van der Waals surface area contributed by atoms with E-state index in [0.29, 0.717) is 10.0 Å². The topological polar surface area (TPSA) is 35.2 Å². The van der Waals surface area contributed by atoms with Gasteiger partial charge in [-0.2, -0.15) is 0 Å². The van der Waals surface area contributed by atoms with Crippen LogP contribution >= 0.6 is 35.0 Å². The van der Waals surface area contributed by atoms with Crippen molar-refractivity contribution in [3.8, 4) is 5.75 Å². The Labute approximate surface area is 133 Å². The highest BCUT2D eigenvalue weighted by molar-refractivity contribution is 7.99. The van der Waals surface area contributed by atoms with Gasteiger partial charge in [0.15, 0.2) is 0 Å². The largest absolute Gasteiger partial charge is 0.496 e. The van der Waals surface area contributed by atoms with Crippen molar-refractivity contribution in [3.05, 3.63) is 52.0 Å². The van der Waals surface area contributed by atoms with Gasteiger partial charge in [0.05, 0.1) is 12.1 Å². The van der Waals surface area contributed by atoms with Gasteiger partial charge in [-0.1, -0.05) is 41.0 Å². The zero-order valence-electron chi connectivity index (χ0n) is 11.2. The van der Waals surface area contributed by atoms with Gasteiger partial charge < -0.3 is 10.5 Å². The van der Waals surface area contributed by atoms with Crippen LogP contribution < -0.4 is 10.5 Å². The summed E-state index contributed by atoms with van der Waals surface area (Å²) in [6.07, 6.45) is 0. The van der Waals surface area contributed by atoms with Gasteiger partial charge >= 0.3 is 0 Å². The highest BCUT2D eigenvalue weighted by Gasteiger charge is 2.15. The number of ether oxygens (including phenoxy) is 1. The van der Waals surface area contributed by atoms with Gasteiger partial charge in [0.2, 0.25) is 0 Å². The third-order valence-electron chi connectivity index (χ3n) is 2.81. The molecule has 0 aliphatic carbocycles. The molecule has 0 bridgehead atoms. The summed E-state index contributed by atoms with van der Waals surface area (Å²) < 4.78 is 5.39. The van der Waals surface area contributed by atoms with Crippen molar-refractivity contribution in [2.45, 2.75) is 22.8 Å². The summed E-state index contributed by atoms with van der Waals surface area (Å²) in [5.74, 6) is 0.781. The van der Waals surface area contributed by atoms with Crippen LogP contribution in [0.5, 0.6) is 5.75 Å². The zero-order chi connectivity index (χ0) is 14.7. The molecule has 0 aliphatic rings. The normalized spacial score (nSPS) is 12.2. The number of methoxy groups -OCH3 is 1.